The Kier molecular flexibility index (Phi) is 1.67. The van der Waals surface area contributed by atoms with Gasteiger partial charge in [0, 0.05) is 17.0 Å². The lowest BCUT2D eigenvalue weighted by Crippen LogP contribution is -2.18. The Morgan fingerprint density at radius 1 is 1.53 bits per heavy atom. The van der Waals surface area contributed by atoms with Gasteiger partial charge in [-0.1, -0.05) is 0 Å². The standard InChI is InChI=1S/C8H9N3O2S2/c9-7-8-11(4-10-7)5-1-2-15(12,13)3-6(5)14-8/h4H,1-3,9H2. The Labute approximate surface area is 90.5 Å². The summed E-state index contributed by atoms with van der Waals surface area (Å²) >= 11 is 1.43. The highest BCUT2D eigenvalue weighted by atomic mass is 32.2. The van der Waals surface area contributed by atoms with E-state index in [0.29, 0.717) is 12.2 Å². The quantitative estimate of drug-likeness (QED) is 0.728. The SMILES string of the molecule is Nc1ncn2c3c(sc12)CS(=O)(=O)CC3. The third-order valence-electron chi connectivity index (χ3n) is 2.58. The molecule has 7 heteroatoms. The number of thiazole rings is 1. The van der Waals surface area contributed by atoms with E-state index in [9.17, 15) is 8.42 Å². The lowest BCUT2D eigenvalue weighted by atomic mass is 10.3. The van der Waals surface area contributed by atoms with E-state index in [4.69, 9.17) is 5.73 Å². The molecular weight excluding hydrogens is 234 g/mol. The van der Waals surface area contributed by atoms with E-state index in [1.807, 2.05) is 4.40 Å². The number of nitrogens with two attached hydrogens (primary N) is 1. The minimum Gasteiger partial charge on any atom is -0.381 e. The van der Waals surface area contributed by atoms with Crippen molar-refractivity contribution in [1.29, 1.82) is 0 Å². The van der Waals surface area contributed by atoms with Crippen LogP contribution in [0.4, 0.5) is 5.82 Å². The van der Waals surface area contributed by atoms with Crippen molar-refractivity contribution < 1.29 is 8.42 Å². The summed E-state index contributed by atoms with van der Waals surface area (Å²) in [6, 6.07) is 0. The summed E-state index contributed by atoms with van der Waals surface area (Å²) in [6.07, 6.45) is 2.23. The zero-order valence-electron chi connectivity index (χ0n) is 7.80. The van der Waals surface area contributed by atoms with Crippen LogP contribution in [0.25, 0.3) is 4.83 Å². The molecule has 0 fully saturated rings. The number of aromatic nitrogens is 2. The van der Waals surface area contributed by atoms with Crippen LogP contribution in [0.15, 0.2) is 6.33 Å². The maximum Gasteiger partial charge on any atom is 0.160 e. The molecule has 5 nitrogen and oxygen atoms in total. The molecule has 0 aliphatic carbocycles. The predicted octanol–water partition coefficient (Wildman–Crippen LogP) is 0.449. The van der Waals surface area contributed by atoms with Crippen LogP contribution in [-0.2, 0) is 22.0 Å². The second-order valence-electron chi connectivity index (χ2n) is 3.62. The molecule has 0 spiro atoms. The van der Waals surface area contributed by atoms with Gasteiger partial charge in [0.25, 0.3) is 0 Å². The highest BCUT2D eigenvalue weighted by Gasteiger charge is 2.26. The summed E-state index contributed by atoms with van der Waals surface area (Å²) in [5, 5.41) is 0. The van der Waals surface area contributed by atoms with E-state index in [-0.39, 0.29) is 11.5 Å². The lowest BCUT2D eigenvalue weighted by molar-refractivity contribution is 0.591. The Morgan fingerprint density at radius 3 is 3.13 bits per heavy atom. The van der Waals surface area contributed by atoms with Gasteiger partial charge in [-0.2, -0.15) is 0 Å². The van der Waals surface area contributed by atoms with Crippen molar-refractivity contribution in [3.63, 3.8) is 0 Å². The number of nitrogen functional groups attached to an aromatic ring is 1. The second kappa shape index (κ2) is 2.73. The van der Waals surface area contributed by atoms with Crippen LogP contribution in [0.5, 0.6) is 0 Å². The molecule has 3 heterocycles. The Hall–Kier alpha value is -1.08. The highest BCUT2D eigenvalue weighted by molar-refractivity contribution is 7.90. The molecule has 0 amide bonds. The molecule has 0 radical (unpaired) electrons. The molecule has 3 rings (SSSR count). The second-order valence-corrected chi connectivity index (χ2v) is 6.89. The van der Waals surface area contributed by atoms with Crippen molar-refractivity contribution in [1.82, 2.24) is 9.38 Å². The fraction of sp³-hybridized carbons (Fsp3) is 0.375. The summed E-state index contributed by atoms with van der Waals surface area (Å²) < 4.78 is 24.8. The van der Waals surface area contributed by atoms with Gasteiger partial charge < -0.3 is 5.73 Å². The van der Waals surface area contributed by atoms with Gasteiger partial charge in [-0.3, -0.25) is 4.40 Å². The summed E-state index contributed by atoms with van der Waals surface area (Å²) in [5.41, 5.74) is 6.73. The van der Waals surface area contributed by atoms with Crippen molar-refractivity contribution >= 4 is 31.8 Å². The minimum absolute atomic E-state index is 0.147. The van der Waals surface area contributed by atoms with Crippen LogP contribution in [0.1, 0.15) is 10.6 Å². The molecule has 1 aliphatic rings. The van der Waals surface area contributed by atoms with Crippen LogP contribution < -0.4 is 5.73 Å². The molecule has 0 unspecified atom stereocenters. The number of hydrogen-bond acceptors (Lipinski definition) is 5. The number of aryl methyl sites for hydroxylation is 1. The molecule has 1 aliphatic heterocycles. The number of sulfone groups is 1. The zero-order valence-corrected chi connectivity index (χ0v) is 9.44. The summed E-state index contributed by atoms with van der Waals surface area (Å²) in [6.45, 7) is 0. The van der Waals surface area contributed by atoms with Gasteiger partial charge in [0.05, 0.1) is 11.5 Å². The molecule has 0 aromatic carbocycles. The van der Waals surface area contributed by atoms with Gasteiger partial charge in [-0.05, 0) is 0 Å². The first-order valence-electron chi connectivity index (χ1n) is 4.50. The van der Waals surface area contributed by atoms with E-state index in [1.165, 1.54) is 11.3 Å². The topological polar surface area (TPSA) is 77.5 Å². The third-order valence-corrected chi connectivity index (χ3v) is 5.55. The Morgan fingerprint density at radius 2 is 2.33 bits per heavy atom. The van der Waals surface area contributed by atoms with Gasteiger partial charge in [0.1, 0.15) is 11.2 Å². The average Bonchev–Trinajstić information content (AvgIpc) is 2.65. The third kappa shape index (κ3) is 1.26. The largest absolute Gasteiger partial charge is 0.381 e. The van der Waals surface area contributed by atoms with Crippen LogP contribution >= 0.6 is 11.3 Å². The number of rotatable bonds is 0. The van der Waals surface area contributed by atoms with Crippen molar-refractivity contribution in [3.05, 3.63) is 16.9 Å². The molecule has 0 saturated carbocycles. The van der Waals surface area contributed by atoms with Gasteiger partial charge in [-0.25, -0.2) is 13.4 Å². The first-order valence-corrected chi connectivity index (χ1v) is 7.14. The molecule has 15 heavy (non-hydrogen) atoms. The molecule has 0 bridgehead atoms. The van der Waals surface area contributed by atoms with Crippen molar-refractivity contribution in [2.75, 3.05) is 11.5 Å². The fourth-order valence-corrected chi connectivity index (χ4v) is 4.81. The van der Waals surface area contributed by atoms with Gasteiger partial charge in [0.2, 0.25) is 0 Å². The van der Waals surface area contributed by atoms with Crippen LogP contribution in [0.2, 0.25) is 0 Å². The van der Waals surface area contributed by atoms with Gasteiger partial charge >= 0.3 is 0 Å². The normalized spacial score (nSPS) is 19.2. The Bertz CT molecular complexity index is 638. The highest BCUT2D eigenvalue weighted by Crippen LogP contribution is 2.32. The van der Waals surface area contributed by atoms with E-state index in [1.54, 1.807) is 6.33 Å². The lowest BCUT2D eigenvalue weighted by Gasteiger charge is -2.11. The maximum atomic E-state index is 11.4. The molecule has 0 atom stereocenters. The van der Waals surface area contributed by atoms with E-state index >= 15 is 0 Å². The first kappa shape index (κ1) is 9.17. The monoisotopic (exact) mass is 243 g/mol. The molecule has 0 saturated heterocycles. The molecule has 2 aromatic rings. The minimum atomic E-state index is -2.90. The number of fused-ring (bicyclic) bond motifs is 3. The zero-order chi connectivity index (χ0) is 10.6. The van der Waals surface area contributed by atoms with E-state index in [2.05, 4.69) is 4.98 Å². The Balaban J connectivity index is 2.29. The molecule has 80 valence electrons. The summed E-state index contributed by atoms with van der Waals surface area (Å²) in [7, 11) is -2.90. The van der Waals surface area contributed by atoms with Crippen molar-refractivity contribution in [2.24, 2.45) is 0 Å². The molecular formula is C8H9N3O2S2. The average molecular weight is 243 g/mol. The number of nitrogens with zero attached hydrogens (tertiary/aromatic N) is 2. The van der Waals surface area contributed by atoms with Crippen LogP contribution in [0.3, 0.4) is 0 Å². The summed E-state index contributed by atoms with van der Waals surface area (Å²) in [5.74, 6) is 0.852. The number of anilines is 1. The number of hydrogen-bond donors (Lipinski definition) is 1. The fourth-order valence-electron chi connectivity index (χ4n) is 1.85. The first-order chi connectivity index (χ1) is 7.07. The predicted molar refractivity (Wildman–Crippen MR) is 58.7 cm³/mol. The smallest absolute Gasteiger partial charge is 0.160 e. The van der Waals surface area contributed by atoms with Crippen LogP contribution in [-0.4, -0.2) is 23.6 Å². The molecule has 2 N–H and O–H groups in total. The van der Waals surface area contributed by atoms with Gasteiger partial charge in [0.15, 0.2) is 15.7 Å². The maximum absolute atomic E-state index is 11.4. The van der Waals surface area contributed by atoms with Crippen molar-refractivity contribution in [3.8, 4) is 0 Å². The van der Waals surface area contributed by atoms with Gasteiger partial charge in [-0.15, -0.1) is 11.3 Å². The van der Waals surface area contributed by atoms with E-state index < -0.39 is 9.84 Å². The molecule has 2 aromatic heterocycles. The van der Waals surface area contributed by atoms with Crippen LogP contribution in [0, 0.1) is 0 Å². The number of imidazole rings is 1. The van der Waals surface area contributed by atoms with Crippen molar-refractivity contribution in [2.45, 2.75) is 12.2 Å². The van der Waals surface area contributed by atoms with E-state index in [0.717, 1.165) is 15.4 Å². The summed E-state index contributed by atoms with van der Waals surface area (Å²) in [4.78, 5) is 5.77.